The number of aryl methyl sites for hydroxylation is 2. The maximum absolute atomic E-state index is 11.5. The summed E-state index contributed by atoms with van der Waals surface area (Å²) in [5, 5.41) is 4.09. The number of hydrazine groups is 1. The van der Waals surface area contributed by atoms with Crippen LogP contribution in [0.4, 0.5) is 4.79 Å². The van der Waals surface area contributed by atoms with Gasteiger partial charge in [0.05, 0.1) is 5.69 Å². The smallest absolute Gasteiger partial charge is 0.330 e. The number of nitrogens with zero attached hydrogens (tertiary/aromatic N) is 2. The Kier molecular flexibility index (Phi) is 3.27. The second-order valence-corrected chi connectivity index (χ2v) is 2.94. The molecule has 1 aromatic heterocycles. The molecule has 1 heterocycles. The summed E-state index contributed by atoms with van der Waals surface area (Å²) in [6, 6.07) is 0.832. The number of carbonyl (C=O) groups is 2. The van der Waals surface area contributed by atoms with Crippen LogP contribution in [0.3, 0.4) is 0 Å². The molecule has 1 aromatic rings. The Hall–Kier alpha value is -2.05. The molecule has 0 spiro atoms. The van der Waals surface area contributed by atoms with Crippen LogP contribution in [0.2, 0.25) is 0 Å². The lowest BCUT2D eigenvalue weighted by molar-refractivity contribution is 0.0928. The van der Waals surface area contributed by atoms with Gasteiger partial charge in [0.15, 0.2) is 0 Å². The number of aromatic nitrogens is 2. The van der Waals surface area contributed by atoms with E-state index in [-0.39, 0.29) is 0 Å². The van der Waals surface area contributed by atoms with E-state index >= 15 is 0 Å². The lowest BCUT2D eigenvalue weighted by atomic mass is 10.3. The Morgan fingerprint density at radius 1 is 1.53 bits per heavy atom. The highest BCUT2D eigenvalue weighted by molar-refractivity contribution is 5.93. The van der Waals surface area contributed by atoms with Crippen molar-refractivity contribution in [1.82, 2.24) is 20.6 Å². The molecule has 15 heavy (non-hydrogen) atoms. The minimum absolute atomic E-state index is 0.362. The molecule has 0 aliphatic carbocycles. The number of rotatable bonds is 2. The number of primary amides is 1. The molecule has 0 radical (unpaired) electrons. The summed E-state index contributed by atoms with van der Waals surface area (Å²) in [4.78, 5) is 21.8. The van der Waals surface area contributed by atoms with E-state index in [1.807, 2.05) is 12.3 Å². The summed E-state index contributed by atoms with van der Waals surface area (Å²) in [6.45, 7) is 1.94. The van der Waals surface area contributed by atoms with Crippen molar-refractivity contribution in [2.75, 3.05) is 0 Å². The van der Waals surface area contributed by atoms with Crippen molar-refractivity contribution >= 4 is 11.9 Å². The van der Waals surface area contributed by atoms with Gasteiger partial charge in [-0.3, -0.25) is 14.9 Å². The van der Waals surface area contributed by atoms with Crippen LogP contribution in [-0.2, 0) is 13.5 Å². The molecule has 0 aromatic carbocycles. The highest BCUT2D eigenvalue weighted by Crippen LogP contribution is 2.02. The normalized spacial score (nSPS) is 9.73. The molecule has 0 atom stereocenters. The van der Waals surface area contributed by atoms with E-state index in [2.05, 4.69) is 10.5 Å². The molecular formula is C8H13N5O2. The van der Waals surface area contributed by atoms with Crippen LogP contribution >= 0.6 is 0 Å². The summed E-state index contributed by atoms with van der Waals surface area (Å²) >= 11 is 0. The van der Waals surface area contributed by atoms with Crippen molar-refractivity contribution in [2.45, 2.75) is 13.3 Å². The van der Waals surface area contributed by atoms with Gasteiger partial charge in [-0.2, -0.15) is 5.10 Å². The highest BCUT2D eigenvalue weighted by atomic mass is 16.2. The predicted octanol–water partition coefficient (Wildman–Crippen LogP) is -0.704. The molecular weight excluding hydrogens is 198 g/mol. The van der Waals surface area contributed by atoms with Gasteiger partial charge in [-0.05, 0) is 12.5 Å². The van der Waals surface area contributed by atoms with Gasteiger partial charge < -0.3 is 5.73 Å². The first-order chi connectivity index (χ1) is 7.04. The molecule has 7 heteroatoms. The third kappa shape index (κ3) is 2.70. The van der Waals surface area contributed by atoms with Gasteiger partial charge in [-0.1, -0.05) is 6.92 Å². The van der Waals surface area contributed by atoms with Crippen molar-refractivity contribution in [2.24, 2.45) is 12.8 Å². The van der Waals surface area contributed by atoms with Crippen LogP contribution in [0.25, 0.3) is 0 Å². The van der Waals surface area contributed by atoms with E-state index in [4.69, 9.17) is 5.73 Å². The van der Waals surface area contributed by atoms with Crippen molar-refractivity contribution in [3.05, 3.63) is 17.5 Å². The molecule has 0 aliphatic heterocycles. The van der Waals surface area contributed by atoms with Gasteiger partial charge >= 0.3 is 6.03 Å². The van der Waals surface area contributed by atoms with Gasteiger partial charge in [0.1, 0.15) is 5.69 Å². The molecule has 7 nitrogen and oxygen atoms in total. The number of nitrogens with two attached hydrogens (primary N) is 1. The van der Waals surface area contributed by atoms with Gasteiger partial charge in [0, 0.05) is 7.05 Å². The fraction of sp³-hybridized carbons (Fsp3) is 0.375. The molecule has 82 valence electrons. The maximum atomic E-state index is 11.5. The lowest BCUT2D eigenvalue weighted by Gasteiger charge is -2.03. The SMILES string of the molecule is CCc1cc(C(=O)NNC(N)=O)n(C)n1. The first kappa shape index (κ1) is 11.0. The average molecular weight is 211 g/mol. The van der Waals surface area contributed by atoms with E-state index in [1.54, 1.807) is 13.1 Å². The number of hydrogen-bond donors (Lipinski definition) is 3. The van der Waals surface area contributed by atoms with Crippen LogP contribution in [0.1, 0.15) is 23.1 Å². The third-order valence-corrected chi connectivity index (χ3v) is 1.82. The molecule has 0 unspecified atom stereocenters. The van der Waals surface area contributed by atoms with Gasteiger partial charge in [0.25, 0.3) is 5.91 Å². The minimum Gasteiger partial charge on any atom is -0.350 e. The van der Waals surface area contributed by atoms with Gasteiger partial charge in [0.2, 0.25) is 0 Å². The zero-order valence-corrected chi connectivity index (χ0v) is 8.57. The summed E-state index contributed by atoms with van der Waals surface area (Å²) in [7, 11) is 1.65. The summed E-state index contributed by atoms with van der Waals surface area (Å²) in [5.74, 6) is -0.455. The second kappa shape index (κ2) is 4.45. The van der Waals surface area contributed by atoms with Crippen molar-refractivity contribution in [3.63, 3.8) is 0 Å². The molecule has 0 fully saturated rings. The lowest BCUT2D eigenvalue weighted by Crippen LogP contribution is -2.45. The standard InChI is InChI=1S/C8H13N5O2/c1-3-5-4-6(13(2)12-5)7(14)10-11-8(9)15/h4H,3H2,1-2H3,(H,10,14)(H3,9,11,15). The molecule has 0 saturated carbocycles. The van der Waals surface area contributed by atoms with Crippen LogP contribution in [0.5, 0.6) is 0 Å². The number of urea groups is 1. The average Bonchev–Trinajstić information content (AvgIpc) is 2.56. The number of carbonyl (C=O) groups excluding carboxylic acids is 2. The zero-order chi connectivity index (χ0) is 11.4. The second-order valence-electron chi connectivity index (χ2n) is 2.94. The van der Waals surface area contributed by atoms with E-state index in [0.717, 1.165) is 12.1 Å². The molecule has 0 bridgehead atoms. The van der Waals surface area contributed by atoms with Crippen LogP contribution in [-0.4, -0.2) is 21.7 Å². The maximum Gasteiger partial charge on any atom is 0.330 e. The Labute approximate surface area is 86.6 Å². The van der Waals surface area contributed by atoms with E-state index in [1.165, 1.54) is 4.68 Å². The number of nitrogens with one attached hydrogen (secondary N) is 2. The first-order valence-electron chi connectivity index (χ1n) is 4.43. The predicted molar refractivity (Wildman–Crippen MR) is 52.8 cm³/mol. The van der Waals surface area contributed by atoms with E-state index in [9.17, 15) is 9.59 Å². The van der Waals surface area contributed by atoms with Crippen LogP contribution in [0, 0.1) is 0 Å². The minimum atomic E-state index is -0.818. The van der Waals surface area contributed by atoms with E-state index in [0.29, 0.717) is 5.69 Å². The Morgan fingerprint density at radius 2 is 2.20 bits per heavy atom. The highest BCUT2D eigenvalue weighted by Gasteiger charge is 2.12. The zero-order valence-electron chi connectivity index (χ0n) is 8.57. The van der Waals surface area contributed by atoms with Crippen molar-refractivity contribution < 1.29 is 9.59 Å². The molecule has 4 N–H and O–H groups in total. The summed E-state index contributed by atoms with van der Waals surface area (Å²) in [6.07, 6.45) is 0.740. The summed E-state index contributed by atoms with van der Waals surface area (Å²) in [5.41, 5.74) is 10.1. The topological polar surface area (TPSA) is 102 Å². The Balaban J connectivity index is 2.72. The monoisotopic (exact) mass is 211 g/mol. The molecule has 1 rings (SSSR count). The van der Waals surface area contributed by atoms with Gasteiger partial charge in [-0.25, -0.2) is 10.2 Å². The van der Waals surface area contributed by atoms with Crippen molar-refractivity contribution in [1.29, 1.82) is 0 Å². The quantitative estimate of drug-likeness (QED) is 0.563. The number of hydrogen-bond acceptors (Lipinski definition) is 3. The van der Waals surface area contributed by atoms with Crippen molar-refractivity contribution in [3.8, 4) is 0 Å². The van der Waals surface area contributed by atoms with E-state index < -0.39 is 11.9 Å². The molecule has 0 aliphatic rings. The van der Waals surface area contributed by atoms with Crippen LogP contribution < -0.4 is 16.6 Å². The fourth-order valence-corrected chi connectivity index (χ4v) is 1.09. The van der Waals surface area contributed by atoms with Crippen LogP contribution in [0.15, 0.2) is 6.07 Å². The number of amides is 3. The fourth-order valence-electron chi connectivity index (χ4n) is 1.09. The first-order valence-corrected chi connectivity index (χ1v) is 4.43. The largest absolute Gasteiger partial charge is 0.350 e. The third-order valence-electron chi connectivity index (χ3n) is 1.82. The Morgan fingerprint density at radius 3 is 2.67 bits per heavy atom. The summed E-state index contributed by atoms with van der Waals surface area (Å²) < 4.78 is 1.44. The molecule has 0 saturated heterocycles. The van der Waals surface area contributed by atoms with Gasteiger partial charge in [-0.15, -0.1) is 0 Å². The Bertz CT molecular complexity index is 384. The molecule has 3 amide bonds.